The molecule has 1 aromatic rings. The number of methoxy groups -OCH3 is 1. The van der Waals surface area contributed by atoms with Gasteiger partial charge in [0.1, 0.15) is 6.04 Å². The van der Waals surface area contributed by atoms with Crippen molar-refractivity contribution >= 4 is 5.97 Å². The number of aromatic hydroxyl groups is 1. The van der Waals surface area contributed by atoms with Gasteiger partial charge in [-0.3, -0.25) is 4.79 Å². The molecular formula is C16H25NO4. The molecule has 0 saturated heterocycles. The highest BCUT2D eigenvalue weighted by molar-refractivity contribution is 5.75. The van der Waals surface area contributed by atoms with Crippen molar-refractivity contribution in [2.45, 2.75) is 39.8 Å². The van der Waals surface area contributed by atoms with Crippen LogP contribution in [0.5, 0.6) is 11.5 Å². The molecule has 2 N–H and O–H groups in total. The molecule has 0 heterocycles. The largest absolute Gasteiger partial charge is 0.504 e. The maximum atomic E-state index is 11.8. The number of esters is 1. The molecule has 0 aliphatic carbocycles. The van der Waals surface area contributed by atoms with Crippen molar-refractivity contribution in [2.24, 2.45) is 5.92 Å². The van der Waals surface area contributed by atoms with Gasteiger partial charge in [0.2, 0.25) is 0 Å². The minimum absolute atomic E-state index is 0.111. The van der Waals surface area contributed by atoms with Gasteiger partial charge in [0.05, 0.1) is 13.7 Å². The van der Waals surface area contributed by atoms with Crippen LogP contribution in [0.15, 0.2) is 18.2 Å². The fraction of sp³-hybridized carbons (Fsp3) is 0.562. The molecule has 1 rings (SSSR count). The van der Waals surface area contributed by atoms with Crippen LogP contribution in [0, 0.1) is 5.92 Å². The Balaban J connectivity index is 2.75. The van der Waals surface area contributed by atoms with E-state index in [9.17, 15) is 9.90 Å². The molecule has 0 spiro atoms. The Morgan fingerprint density at radius 1 is 1.38 bits per heavy atom. The second-order valence-corrected chi connectivity index (χ2v) is 5.28. The Morgan fingerprint density at radius 3 is 2.67 bits per heavy atom. The monoisotopic (exact) mass is 295 g/mol. The van der Waals surface area contributed by atoms with Gasteiger partial charge in [0.15, 0.2) is 11.5 Å². The molecule has 0 aliphatic heterocycles. The lowest BCUT2D eigenvalue weighted by Gasteiger charge is -2.19. The minimum Gasteiger partial charge on any atom is -0.504 e. The van der Waals surface area contributed by atoms with Crippen molar-refractivity contribution in [1.82, 2.24) is 5.32 Å². The SMILES string of the molecule is CCOc1cccc(CNC(CC(C)C)C(=O)OC)c1O. The van der Waals surface area contributed by atoms with Gasteiger partial charge in [-0.15, -0.1) is 0 Å². The smallest absolute Gasteiger partial charge is 0.322 e. The molecule has 5 nitrogen and oxygen atoms in total. The molecule has 1 unspecified atom stereocenters. The van der Waals surface area contributed by atoms with Gasteiger partial charge in [-0.2, -0.15) is 0 Å². The summed E-state index contributed by atoms with van der Waals surface area (Å²) in [6.45, 7) is 6.82. The number of rotatable bonds is 8. The number of benzene rings is 1. The highest BCUT2D eigenvalue weighted by Crippen LogP contribution is 2.29. The number of carbonyl (C=O) groups excluding carboxylic acids is 1. The van der Waals surface area contributed by atoms with Gasteiger partial charge < -0.3 is 19.9 Å². The molecule has 1 atom stereocenters. The topological polar surface area (TPSA) is 67.8 Å². The van der Waals surface area contributed by atoms with Crippen LogP contribution in [-0.4, -0.2) is 30.8 Å². The molecule has 21 heavy (non-hydrogen) atoms. The van der Waals surface area contributed by atoms with E-state index in [4.69, 9.17) is 9.47 Å². The van der Waals surface area contributed by atoms with E-state index in [1.54, 1.807) is 12.1 Å². The molecule has 1 aromatic carbocycles. The lowest BCUT2D eigenvalue weighted by molar-refractivity contribution is -0.143. The summed E-state index contributed by atoms with van der Waals surface area (Å²) in [5.74, 6) is 0.643. The number of hydrogen-bond acceptors (Lipinski definition) is 5. The van der Waals surface area contributed by atoms with Crippen LogP contribution in [0.2, 0.25) is 0 Å². The summed E-state index contributed by atoms with van der Waals surface area (Å²) in [6.07, 6.45) is 0.679. The van der Waals surface area contributed by atoms with Crippen LogP contribution in [0.3, 0.4) is 0 Å². The van der Waals surface area contributed by atoms with Crippen LogP contribution in [0.1, 0.15) is 32.8 Å². The summed E-state index contributed by atoms with van der Waals surface area (Å²) in [5, 5.41) is 13.3. The highest BCUT2D eigenvalue weighted by atomic mass is 16.5. The third-order valence-electron chi connectivity index (χ3n) is 3.11. The first kappa shape index (κ1) is 17.3. The van der Waals surface area contributed by atoms with Crippen molar-refractivity contribution in [3.8, 4) is 11.5 Å². The Labute approximate surface area is 126 Å². The van der Waals surface area contributed by atoms with Gasteiger partial charge in [0, 0.05) is 12.1 Å². The number of hydrogen-bond donors (Lipinski definition) is 2. The average molecular weight is 295 g/mol. The van der Waals surface area contributed by atoms with Crippen molar-refractivity contribution in [3.05, 3.63) is 23.8 Å². The quantitative estimate of drug-likeness (QED) is 0.721. The second kappa shape index (κ2) is 8.52. The summed E-state index contributed by atoms with van der Waals surface area (Å²) < 4.78 is 10.2. The zero-order valence-corrected chi connectivity index (χ0v) is 13.2. The van der Waals surface area contributed by atoms with Crippen LogP contribution in [0.4, 0.5) is 0 Å². The third-order valence-corrected chi connectivity index (χ3v) is 3.11. The third kappa shape index (κ3) is 5.27. The fourth-order valence-electron chi connectivity index (χ4n) is 2.09. The van der Waals surface area contributed by atoms with Crippen LogP contribution in [-0.2, 0) is 16.1 Å². The maximum absolute atomic E-state index is 11.8. The zero-order chi connectivity index (χ0) is 15.8. The van der Waals surface area contributed by atoms with Crippen LogP contribution >= 0.6 is 0 Å². The molecule has 0 fully saturated rings. The first-order chi connectivity index (χ1) is 9.99. The molecule has 5 heteroatoms. The highest BCUT2D eigenvalue weighted by Gasteiger charge is 2.20. The number of ether oxygens (including phenoxy) is 2. The number of phenolic OH excluding ortho intramolecular Hbond substituents is 1. The minimum atomic E-state index is -0.384. The normalized spacial score (nSPS) is 12.2. The summed E-state index contributed by atoms with van der Waals surface area (Å²) >= 11 is 0. The van der Waals surface area contributed by atoms with E-state index in [1.165, 1.54) is 7.11 Å². The van der Waals surface area contributed by atoms with Gasteiger partial charge in [0.25, 0.3) is 0 Å². The maximum Gasteiger partial charge on any atom is 0.322 e. The predicted molar refractivity (Wildman–Crippen MR) is 81.4 cm³/mol. The Hall–Kier alpha value is -1.75. The Bertz CT molecular complexity index is 460. The van der Waals surface area contributed by atoms with Crippen molar-refractivity contribution in [3.63, 3.8) is 0 Å². The molecule has 0 bridgehead atoms. The van der Waals surface area contributed by atoms with Gasteiger partial charge in [-0.1, -0.05) is 26.0 Å². The van der Waals surface area contributed by atoms with E-state index in [0.29, 0.717) is 36.8 Å². The van der Waals surface area contributed by atoms with Crippen LogP contribution in [0.25, 0.3) is 0 Å². The van der Waals surface area contributed by atoms with Crippen molar-refractivity contribution in [2.75, 3.05) is 13.7 Å². The Kier molecular flexibility index (Phi) is 7.02. The molecule has 0 aliphatic rings. The lowest BCUT2D eigenvalue weighted by Crippen LogP contribution is -2.38. The Morgan fingerprint density at radius 2 is 2.10 bits per heavy atom. The molecule has 0 radical (unpaired) electrons. The fourth-order valence-corrected chi connectivity index (χ4v) is 2.09. The van der Waals surface area contributed by atoms with E-state index in [0.717, 1.165) is 0 Å². The van der Waals surface area contributed by atoms with E-state index in [2.05, 4.69) is 5.32 Å². The second-order valence-electron chi connectivity index (χ2n) is 5.28. The molecule has 0 aromatic heterocycles. The number of para-hydroxylation sites is 1. The van der Waals surface area contributed by atoms with Crippen molar-refractivity contribution in [1.29, 1.82) is 0 Å². The van der Waals surface area contributed by atoms with Crippen molar-refractivity contribution < 1.29 is 19.4 Å². The van der Waals surface area contributed by atoms with E-state index < -0.39 is 0 Å². The number of nitrogens with one attached hydrogen (secondary N) is 1. The summed E-state index contributed by atoms with van der Waals surface area (Å²) in [5.41, 5.74) is 0.693. The van der Waals surface area contributed by atoms with Gasteiger partial charge >= 0.3 is 5.97 Å². The van der Waals surface area contributed by atoms with E-state index >= 15 is 0 Å². The van der Waals surface area contributed by atoms with Crippen LogP contribution < -0.4 is 10.1 Å². The first-order valence-electron chi connectivity index (χ1n) is 7.24. The predicted octanol–water partition coefficient (Wildman–Crippen LogP) is 2.47. The summed E-state index contributed by atoms with van der Waals surface area (Å²) in [4.78, 5) is 11.8. The van der Waals surface area contributed by atoms with E-state index in [1.807, 2.05) is 26.8 Å². The molecule has 118 valence electrons. The van der Waals surface area contributed by atoms with Gasteiger partial charge in [-0.05, 0) is 25.3 Å². The average Bonchev–Trinajstić information content (AvgIpc) is 2.45. The number of phenols is 1. The molecular weight excluding hydrogens is 270 g/mol. The molecule has 0 saturated carbocycles. The van der Waals surface area contributed by atoms with E-state index in [-0.39, 0.29) is 17.8 Å². The molecule has 0 amide bonds. The number of carbonyl (C=O) groups is 1. The zero-order valence-electron chi connectivity index (χ0n) is 13.2. The van der Waals surface area contributed by atoms with Gasteiger partial charge in [-0.25, -0.2) is 0 Å². The first-order valence-corrected chi connectivity index (χ1v) is 7.24. The lowest BCUT2D eigenvalue weighted by atomic mass is 10.0. The summed E-state index contributed by atoms with van der Waals surface area (Å²) in [6, 6.07) is 4.95. The summed E-state index contributed by atoms with van der Waals surface area (Å²) in [7, 11) is 1.38. The standard InChI is InChI=1S/C16H25NO4/c1-5-21-14-8-6-7-12(15(14)18)10-17-13(9-11(2)3)16(19)20-4/h6-8,11,13,17-18H,5,9-10H2,1-4H3.